The van der Waals surface area contributed by atoms with Crippen LogP contribution in [0.5, 0.6) is 5.75 Å². The van der Waals surface area contributed by atoms with Gasteiger partial charge in [-0.05, 0) is 23.1 Å². The molecule has 2 aromatic carbocycles. The van der Waals surface area contributed by atoms with E-state index >= 15 is 0 Å². The third-order valence-electron chi connectivity index (χ3n) is 3.17. The Morgan fingerprint density at radius 1 is 1.05 bits per heavy atom. The van der Waals surface area contributed by atoms with E-state index in [1.807, 2.05) is 0 Å². The molecule has 0 saturated heterocycles. The van der Waals surface area contributed by atoms with Crippen molar-refractivity contribution >= 4 is 10.8 Å². The molecule has 0 aliphatic rings. The van der Waals surface area contributed by atoms with Crippen LogP contribution < -0.4 is 0 Å². The van der Waals surface area contributed by atoms with E-state index in [9.17, 15) is 18.3 Å². The van der Waals surface area contributed by atoms with Crippen LogP contribution in [0.4, 0.5) is 13.2 Å². The summed E-state index contributed by atoms with van der Waals surface area (Å²) in [5, 5.41) is 9.59. The number of phenolic OH excluding ortho intramolecular Hbond substituents is 1. The average molecular weight is 278 g/mol. The Bertz CT molecular complexity index is 749. The summed E-state index contributed by atoms with van der Waals surface area (Å²) < 4.78 is 41.3. The number of benzene rings is 2. The lowest BCUT2D eigenvalue weighted by Gasteiger charge is -2.23. The van der Waals surface area contributed by atoms with Crippen molar-refractivity contribution < 1.29 is 18.3 Å². The first kappa shape index (κ1) is 14.3. The first-order chi connectivity index (χ1) is 9.18. The van der Waals surface area contributed by atoms with Gasteiger partial charge < -0.3 is 5.11 Å². The summed E-state index contributed by atoms with van der Waals surface area (Å²) in [5.41, 5.74) is -0.402. The third kappa shape index (κ3) is 2.00. The number of terminal acetylenes is 1. The van der Waals surface area contributed by atoms with Crippen LogP contribution in [0.15, 0.2) is 12.1 Å². The molecule has 0 saturated carbocycles. The van der Waals surface area contributed by atoms with Gasteiger partial charge in [0.05, 0.1) is 5.56 Å². The van der Waals surface area contributed by atoms with Gasteiger partial charge in [-0.1, -0.05) is 26.7 Å². The second-order valence-electron chi connectivity index (χ2n) is 5.63. The number of hydrogen-bond acceptors (Lipinski definition) is 1. The van der Waals surface area contributed by atoms with E-state index in [0.29, 0.717) is 5.56 Å². The van der Waals surface area contributed by atoms with Crippen LogP contribution in [0.3, 0.4) is 0 Å². The fourth-order valence-electron chi connectivity index (χ4n) is 2.23. The minimum Gasteiger partial charge on any atom is -0.508 e. The monoisotopic (exact) mass is 278 g/mol. The maximum absolute atomic E-state index is 13.9. The fourth-order valence-corrected chi connectivity index (χ4v) is 2.23. The molecule has 0 spiro atoms. The predicted octanol–water partition coefficient (Wildman–Crippen LogP) is 4.24. The molecule has 2 rings (SSSR count). The first-order valence-electron chi connectivity index (χ1n) is 5.98. The Labute approximate surface area is 115 Å². The molecule has 0 aliphatic carbocycles. The van der Waals surface area contributed by atoms with E-state index in [1.165, 1.54) is 6.07 Å². The van der Waals surface area contributed by atoms with Crippen molar-refractivity contribution in [3.05, 3.63) is 40.7 Å². The van der Waals surface area contributed by atoms with Crippen molar-refractivity contribution in [2.75, 3.05) is 0 Å². The van der Waals surface area contributed by atoms with Crippen molar-refractivity contribution in [3.8, 4) is 18.1 Å². The highest BCUT2D eigenvalue weighted by atomic mass is 19.2. The maximum Gasteiger partial charge on any atom is 0.196 e. The summed E-state index contributed by atoms with van der Waals surface area (Å²) in [4.78, 5) is 0. The molecule has 0 unspecified atom stereocenters. The molecule has 1 nitrogen and oxygen atoms in total. The quantitative estimate of drug-likeness (QED) is 0.564. The van der Waals surface area contributed by atoms with Crippen LogP contribution in [-0.4, -0.2) is 5.11 Å². The van der Waals surface area contributed by atoms with E-state index in [1.54, 1.807) is 20.8 Å². The largest absolute Gasteiger partial charge is 0.508 e. The maximum atomic E-state index is 13.9. The van der Waals surface area contributed by atoms with Gasteiger partial charge in [0.15, 0.2) is 17.5 Å². The highest BCUT2D eigenvalue weighted by molar-refractivity contribution is 5.93. The molecule has 0 fully saturated rings. The Morgan fingerprint density at radius 3 is 2.15 bits per heavy atom. The first-order valence-corrected chi connectivity index (χ1v) is 5.98. The number of rotatable bonds is 0. The van der Waals surface area contributed by atoms with E-state index < -0.39 is 22.9 Å². The lowest BCUT2D eigenvalue weighted by Crippen LogP contribution is -2.13. The molecule has 0 radical (unpaired) electrons. The predicted molar refractivity (Wildman–Crippen MR) is 72.1 cm³/mol. The van der Waals surface area contributed by atoms with Gasteiger partial charge in [0.25, 0.3) is 0 Å². The molecule has 0 amide bonds. The van der Waals surface area contributed by atoms with E-state index in [4.69, 9.17) is 6.42 Å². The van der Waals surface area contributed by atoms with Crippen LogP contribution in [0.25, 0.3) is 10.8 Å². The SMILES string of the molecule is C#Cc1c(F)c(F)c(F)c2cc(O)cc(C(C)(C)C)c12. The molecule has 20 heavy (non-hydrogen) atoms. The summed E-state index contributed by atoms with van der Waals surface area (Å²) in [6.07, 6.45) is 5.24. The van der Waals surface area contributed by atoms with Crippen LogP contribution in [0, 0.1) is 29.8 Å². The third-order valence-corrected chi connectivity index (χ3v) is 3.17. The van der Waals surface area contributed by atoms with Gasteiger partial charge in [-0.15, -0.1) is 6.42 Å². The standard InChI is InChI=1S/C16H13F3O/c1-5-9-12-10(14(18)15(19)13(9)17)6-8(20)7-11(12)16(2,3)4/h1,6-7,20H,2-4H3. The van der Waals surface area contributed by atoms with E-state index in [2.05, 4.69) is 5.92 Å². The van der Waals surface area contributed by atoms with Crippen LogP contribution in [0.2, 0.25) is 0 Å². The zero-order valence-electron chi connectivity index (χ0n) is 11.3. The lowest BCUT2D eigenvalue weighted by atomic mass is 9.82. The zero-order valence-corrected chi connectivity index (χ0v) is 11.3. The van der Waals surface area contributed by atoms with Crippen LogP contribution in [-0.2, 0) is 5.41 Å². The molecule has 2 aromatic rings. The van der Waals surface area contributed by atoms with Gasteiger partial charge in [0.1, 0.15) is 5.75 Å². The second-order valence-corrected chi connectivity index (χ2v) is 5.63. The van der Waals surface area contributed by atoms with Gasteiger partial charge in [0.2, 0.25) is 0 Å². The topological polar surface area (TPSA) is 20.2 Å². The van der Waals surface area contributed by atoms with Gasteiger partial charge >= 0.3 is 0 Å². The van der Waals surface area contributed by atoms with Crippen LogP contribution in [0.1, 0.15) is 31.9 Å². The molecule has 0 heterocycles. The smallest absolute Gasteiger partial charge is 0.196 e. The van der Waals surface area contributed by atoms with Gasteiger partial charge in [0, 0.05) is 10.8 Å². The lowest BCUT2D eigenvalue weighted by molar-refractivity contribution is 0.449. The van der Waals surface area contributed by atoms with Crippen molar-refractivity contribution in [2.45, 2.75) is 26.2 Å². The number of phenols is 1. The molecule has 4 heteroatoms. The minimum atomic E-state index is -1.63. The molecular weight excluding hydrogens is 265 g/mol. The second kappa shape index (κ2) is 4.45. The average Bonchev–Trinajstić information content (AvgIpc) is 2.36. The number of aromatic hydroxyl groups is 1. The summed E-state index contributed by atoms with van der Waals surface area (Å²) in [6.45, 7) is 5.42. The molecule has 104 valence electrons. The van der Waals surface area contributed by atoms with Crippen molar-refractivity contribution in [3.63, 3.8) is 0 Å². The van der Waals surface area contributed by atoms with Crippen molar-refractivity contribution in [2.24, 2.45) is 0 Å². The highest BCUT2D eigenvalue weighted by Crippen LogP contribution is 2.38. The Kier molecular flexibility index (Phi) is 3.17. The summed E-state index contributed by atoms with van der Waals surface area (Å²) >= 11 is 0. The van der Waals surface area contributed by atoms with Gasteiger partial charge in [-0.2, -0.15) is 0 Å². The van der Waals surface area contributed by atoms with E-state index in [0.717, 1.165) is 6.07 Å². The molecule has 0 atom stereocenters. The summed E-state index contributed by atoms with van der Waals surface area (Å²) in [5.74, 6) is -2.51. The Morgan fingerprint density at radius 2 is 1.65 bits per heavy atom. The Hall–Kier alpha value is -2.15. The highest BCUT2D eigenvalue weighted by Gasteiger charge is 2.26. The van der Waals surface area contributed by atoms with Crippen molar-refractivity contribution in [1.29, 1.82) is 0 Å². The molecule has 0 bridgehead atoms. The molecular formula is C16H13F3O. The number of hydrogen-bond donors (Lipinski definition) is 1. The number of fused-ring (bicyclic) bond motifs is 1. The van der Waals surface area contributed by atoms with Crippen LogP contribution >= 0.6 is 0 Å². The molecule has 0 aromatic heterocycles. The molecule has 0 aliphatic heterocycles. The van der Waals surface area contributed by atoms with Gasteiger partial charge in [-0.3, -0.25) is 0 Å². The number of halogens is 3. The normalized spacial score (nSPS) is 11.7. The fraction of sp³-hybridized carbons (Fsp3) is 0.250. The summed E-state index contributed by atoms with van der Waals surface area (Å²) in [6, 6.07) is 2.43. The zero-order chi connectivity index (χ0) is 15.2. The Balaban J connectivity index is 3.15. The van der Waals surface area contributed by atoms with E-state index in [-0.39, 0.29) is 22.1 Å². The molecule has 1 N–H and O–H groups in total. The van der Waals surface area contributed by atoms with Crippen molar-refractivity contribution in [1.82, 2.24) is 0 Å². The van der Waals surface area contributed by atoms with Gasteiger partial charge in [-0.25, -0.2) is 13.2 Å². The summed E-state index contributed by atoms with van der Waals surface area (Å²) in [7, 11) is 0. The minimum absolute atomic E-state index is 0.120.